The molecule has 4 nitrogen and oxygen atoms in total. The topological polar surface area (TPSA) is 77.4 Å². The van der Waals surface area contributed by atoms with Crippen molar-refractivity contribution in [2.45, 2.75) is 32.6 Å². The molecule has 17 heavy (non-hydrogen) atoms. The van der Waals surface area contributed by atoms with E-state index in [0.717, 1.165) is 30.9 Å². The van der Waals surface area contributed by atoms with Crippen molar-refractivity contribution in [1.29, 1.82) is 0 Å². The van der Waals surface area contributed by atoms with Gasteiger partial charge in [-0.25, -0.2) is 4.79 Å². The Morgan fingerprint density at radius 3 is 2.35 bits per heavy atom. The summed E-state index contributed by atoms with van der Waals surface area (Å²) in [5.74, 6) is -2.46. The van der Waals surface area contributed by atoms with Crippen molar-refractivity contribution < 1.29 is 19.8 Å². The van der Waals surface area contributed by atoms with Crippen molar-refractivity contribution in [3.05, 3.63) is 34.9 Å². The highest BCUT2D eigenvalue weighted by molar-refractivity contribution is 5.93. The third-order valence-corrected chi connectivity index (χ3v) is 2.54. The fourth-order valence-electron chi connectivity index (χ4n) is 1.66. The summed E-state index contributed by atoms with van der Waals surface area (Å²) in [5.41, 5.74) is 0.659. The molecule has 0 saturated heterocycles. The number of carbonyl (C=O) groups is 2. The maximum Gasteiger partial charge on any atom is 0.335 e. The molecule has 0 saturated carbocycles. The van der Waals surface area contributed by atoms with Crippen LogP contribution in [0, 0.1) is 0 Å². The third-order valence-electron chi connectivity index (χ3n) is 2.54. The van der Waals surface area contributed by atoms with Crippen LogP contribution in [0.15, 0.2) is 18.2 Å². The molecule has 0 unspecified atom stereocenters. The van der Waals surface area contributed by atoms with E-state index in [1.165, 1.54) is 12.1 Å². The van der Waals surface area contributed by atoms with E-state index in [2.05, 4.69) is 6.92 Å². The Labute approximate surface area is 99.9 Å². The van der Waals surface area contributed by atoms with Crippen molar-refractivity contribution in [2.24, 2.45) is 0 Å². The summed E-state index contributed by atoms with van der Waals surface area (Å²) < 4.78 is 0. The van der Waals surface area contributed by atoms with Crippen LogP contribution >= 0.6 is 0 Å². The molecular formula is C13H15O4-. The lowest BCUT2D eigenvalue weighted by atomic mass is 10.0. The summed E-state index contributed by atoms with van der Waals surface area (Å²) in [6.07, 6.45) is 3.71. The molecule has 1 rings (SSSR count). The van der Waals surface area contributed by atoms with Gasteiger partial charge >= 0.3 is 5.97 Å². The van der Waals surface area contributed by atoms with E-state index in [1.54, 1.807) is 0 Å². The van der Waals surface area contributed by atoms with E-state index in [1.807, 2.05) is 0 Å². The van der Waals surface area contributed by atoms with Crippen molar-refractivity contribution in [3.63, 3.8) is 0 Å². The lowest BCUT2D eigenvalue weighted by Crippen LogP contribution is -2.22. The lowest BCUT2D eigenvalue weighted by molar-refractivity contribution is -0.255. The quantitative estimate of drug-likeness (QED) is 0.757. The Balaban J connectivity index is 2.95. The number of aryl methyl sites for hydroxylation is 1. The molecule has 0 aromatic heterocycles. The van der Waals surface area contributed by atoms with E-state index >= 15 is 0 Å². The molecule has 1 aromatic rings. The van der Waals surface area contributed by atoms with Crippen molar-refractivity contribution >= 4 is 11.9 Å². The molecule has 0 spiro atoms. The van der Waals surface area contributed by atoms with E-state index in [-0.39, 0.29) is 11.1 Å². The summed E-state index contributed by atoms with van der Waals surface area (Å²) in [6.45, 7) is 2.07. The Bertz CT molecular complexity index is 391. The third kappa shape index (κ3) is 3.90. The zero-order valence-electron chi connectivity index (χ0n) is 9.73. The Morgan fingerprint density at radius 2 is 1.82 bits per heavy atom. The Morgan fingerprint density at radius 1 is 1.18 bits per heavy atom. The number of carbonyl (C=O) groups excluding carboxylic acids is 1. The molecule has 0 fully saturated rings. The van der Waals surface area contributed by atoms with Gasteiger partial charge in [0.05, 0.1) is 11.5 Å². The van der Waals surface area contributed by atoms with Crippen LogP contribution in [-0.2, 0) is 6.42 Å². The number of unbranched alkanes of at least 4 members (excludes halogenated alkanes) is 2. The van der Waals surface area contributed by atoms with Crippen LogP contribution in [-0.4, -0.2) is 17.0 Å². The SMILES string of the molecule is CCCCCc1cc(C(=O)[O-])cc(C(=O)O)c1. The van der Waals surface area contributed by atoms with Crippen LogP contribution in [0.5, 0.6) is 0 Å². The minimum atomic E-state index is -1.34. The number of rotatable bonds is 6. The molecule has 0 bridgehead atoms. The van der Waals surface area contributed by atoms with Crippen LogP contribution in [0.4, 0.5) is 0 Å². The van der Waals surface area contributed by atoms with Gasteiger partial charge in [-0.15, -0.1) is 0 Å². The molecule has 0 aliphatic carbocycles. The summed E-state index contributed by atoms with van der Waals surface area (Å²) in [5, 5.41) is 19.6. The van der Waals surface area contributed by atoms with Crippen LogP contribution in [0.1, 0.15) is 52.5 Å². The van der Waals surface area contributed by atoms with Gasteiger partial charge in [-0.1, -0.05) is 19.8 Å². The minimum Gasteiger partial charge on any atom is -0.545 e. The molecular weight excluding hydrogens is 220 g/mol. The lowest BCUT2D eigenvalue weighted by Gasteiger charge is -2.08. The van der Waals surface area contributed by atoms with Gasteiger partial charge in [0.1, 0.15) is 0 Å². The van der Waals surface area contributed by atoms with Gasteiger partial charge in [0, 0.05) is 0 Å². The van der Waals surface area contributed by atoms with Gasteiger partial charge in [-0.3, -0.25) is 0 Å². The van der Waals surface area contributed by atoms with Crippen molar-refractivity contribution in [3.8, 4) is 0 Å². The number of hydrogen-bond donors (Lipinski definition) is 1. The predicted octanol–water partition coefficient (Wildman–Crippen LogP) is 1.48. The van der Waals surface area contributed by atoms with Gasteiger partial charge in [0.15, 0.2) is 0 Å². The molecule has 0 aliphatic rings. The van der Waals surface area contributed by atoms with Gasteiger partial charge in [-0.2, -0.15) is 0 Å². The monoisotopic (exact) mass is 235 g/mol. The molecule has 92 valence electrons. The van der Waals surface area contributed by atoms with Crippen LogP contribution < -0.4 is 5.11 Å². The van der Waals surface area contributed by atoms with Gasteiger partial charge in [0.2, 0.25) is 0 Å². The molecule has 0 heterocycles. The van der Waals surface area contributed by atoms with E-state index in [4.69, 9.17) is 5.11 Å². The number of carboxylic acid groups (broad SMARTS) is 2. The molecule has 0 aliphatic heterocycles. The molecule has 4 heteroatoms. The summed E-state index contributed by atoms with van der Waals surface area (Å²) >= 11 is 0. The Kier molecular flexibility index (Phi) is 4.69. The van der Waals surface area contributed by atoms with Gasteiger partial charge in [0.25, 0.3) is 0 Å². The molecule has 0 amide bonds. The normalized spacial score (nSPS) is 10.2. The van der Waals surface area contributed by atoms with Crippen molar-refractivity contribution in [2.75, 3.05) is 0 Å². The van der Waals surface area contributed by atoms with Crippen LogP contribution in [0.3, 0.4) is 0 Å². The van der Waals surface area contributed by atoms with Crippen LogP contribution in [0.25, 0.3) is 0 Å². The van der Waals surface area contributed by atoms with Gasteiger partial charge in [-0.05, 0) is 42.2 Å². The first-order valence-electron chi connectivity index (χ1n) is 5.63. The Hall–Kier alpha value is -1.84. The largest absolute Gasteiger partial charge is 0.545 e. The fraction of sp³-hybridized carbons (Fsp3) is 0.385. The van der Waals surface area contributed by atoms with Gasteiger partial charge < -0.3 is 15.0 Å². The number of aromatic carboxylic acids is 2. The number of benzene rings is 1. The zero-order chi connectivity index (χ0) is 12.8. The molecule has 1 aromatic carbocycles. The summed E-state index contributed by atoms with van der Waals surface area (Å²) in [7, 11) is 0. The number of hydrogen-bond acceptors (Lipinski definition) is 3. The first-order valence-corrected chi connectivity index (χ1v) is 5.63. The summed E-state index contributed by atoms with van der Waals surface area (Å²) in [4.78, 5) is 21.6. The second kappa shape index (κ2) is 6.03. The van der Waals surface area contributed by atoms with Crippen LogP contribution in [0.2, 0.25) is 0 Å². The average molecular weight is 235 g/mol. The highest BCUT2D eigenvalue weighted by atomic mass is 16.4. The maximum atomic E-state index is 10.8. The maximum absolute atomic E-state index is 10.8. The fourth-order valence-corrected chi connectivity index (χ4v) is 1.66. The first-order chi connectivity index (χ1) is 8.04. The molecule has 0 radical (unpaired) electrons. The number of carboxylic acids is 2. The van der Waals surface area contributed by atoms with Crippen molar-refractivity contribution in [1.82, 2.24) is 0 Å². The zero-order valence-corrected chi connectivity index (χ0v) is 9.73. The molecule has 0 atom stereocenters. The standard InChI is InChI=1S/C13H16O4/c1-2-3-4-5-9-6-10(12(14)15)8-11(7-9)13(16)17/h6-8H,2-5H2,1H3,(H,14,15)(H,16,17)/p-1. The highest BCUT2D eigenvalue weighted by Gasteiger charge is 2.07. The smallest absolute Gasteiger partial charge is 0.335 e. The minimum absolute atomic E-state index is 0.00167. The van der Waals surface area contributed by atoms with E-state index in [0.29, 0.717) is 6.42 Å². The first kappa shape index (κ1) is 13.2. The van der Waals surface area contributed by atoms with E-state index < -0.39 is 11.9 Å². The second-order valence-electron chi connectivity index (χ2n) is 3.97. The summed E-state index contributed by atoms with van der Waals surface area (Å²) in [6, 6.07) is 4.13. The van der Waals surface area contributed by atoms with E-state index in [9.17, 15) is 14.7 Å². The predicted molar refractivity (Wildman–Crippen MR) is 61.0 cm³/mol. The second-order valence-corrected chi connectivity index (χ2v) is 3.97. The molecule has 1 N–H and O–H groups in total. The highest BCUT2D eigenvalue weighted by Crippen LogP contribution is 2.13. The average Bonchev–Trinajstić information content (AvgIpc) is 2.29.